The van der Waals surface area contributed by atoms with Gasteiger partial charge in [0.2, 0.25) is 5.79 Å². The number of hydrogen-bond acceptors (Lipinski definition) is 5. The summed E-state index contributed by atoms with van der Waals surface area (Å²) >= 11 is 0. The number of carbonyl (C=O) groups excluding carboxylic acids is 1. The van der Waals surface area contributed by atoms with Crippen LogP contribution >= 0.6 is 0 Å². The first kappa shape index (κ1) is 19.8. The summed E-state index contributed by atoms with van der Waals surface area (Å²) in [6.07, 6.45) is 3.14. The number of hydroxylamine groups is 1. The molecule has 2 aliphatic rings. The topological polar surface area (TPSA) is 72.9 Å². The second-order valence-electron chi connectivity index (χ2n) is 8.11. The van der Waals surface area contributed by atoms with E-state index in [1.807, 2.05) is 19.2 Å². The number of benzene rings is 2. The summed E-state index contributed by atoms with van der Waals surface area (Å²) in [5, 5.41) is 2.31. The Morgan fingerprint density at radius 1 is 1.10 bits per heavy atom. The number of carbonyl (C=O) groups is 1. The first-order valence-corrected chi connectivity index (χ1v) is 10.5. The molecule has 0 saturated carbocycles. The fraction of sp³-hybridized carbons (Fsp3) is 0.333. The van der Waals surface area contributed by atoms with E-state index in [0.29, 0.717) is 32.5 Å². The molecule has 0 radical (unpaired) electrons. The van der Waals surface area contributed by atoms with Gasteiger partial charge in [0, 0.05) is 48.8 Å². The van der Waals surface area contributed by atoms with Crippen molar-refractivity contribution in [1.29, 1.82) is 0 Å². The van der Waals surface area contributed by atoms with Crippen molar-refractivity contribution in [3.63, 3.8) is 0 Å². The molecule has 1 aromatic heterocycles. The number of pyridine rings is 1. The maximum atomic E-state index is 11.9. The lowest BCUT2D eigenvalue weighted by atomic mass is 9.98. The quantitative estimate of drug-likeness (QED) is 0.631. The molecule has 0 bridgehead atoms. The molecule has 3 heterocycles. The van der Waals surface area contributed by atoms with Gasteiger partial charge in [-0.3, -0.25) is 9.82 Å². The molecule has 1 fully saturated rings. The van der Waals surface area contributed by atoms with E-state index < -0.39 is 5.79 Å². The standard InChI is InChI=1S/C24H25N3O4/c1-16-11-20-12-17(3-4-19(20)14-25-16)18-5-6-22-21(13-18)15-30-24(31-22)7-9-27(10-8-24)23(28)26-29-2/h3-6,11-14H,7-10,15H2,1-2H3,(H,26,28). The van der Waals surface area contributed by atoms with Crippen LogP contribution in [0.15, 0.2) is 48.7 Å². The predicted octanol–water partition coefficient (Wildman–Crippen LogP) is 4.18. The fourth-order valence-corrected chi connectivity index (χ4v) is 4.29. The molecule has 5 rings (SSSR count). The predicted molar refractivity (Wildman–Crippen MR) is 116 cm³/mol. The van der Waals surface area contributed by atoms with E-state index in [-0.39, 0.29) is 6.03 Å². The molecule has 31 heavy (non-hydrogen) atoms. The van der Waals surface area contributed by atoms with Gasteiger partial charge >= 0.3 is 6.03 Å². The maximum Gasteiger partial charge on any atom is 0.341 e. The number of amides is 2. The van der Waals surface area contributed by atoms with Crippen LogP contribution in [-0.4, -0.2) is 41.9 Å². The first-order valence-electron chi connectivity index (χ1n) is 10.5. The number of fused-ring (bicyclic) bond motifs is 2. The second-order valence-corrected chi connectivity index (χ2v) is 8.11. The number of hydrogen-bond donors (Lipinski definition) is 1. The highest BCUT2D eigenvalue weighted by Gasteiger charge is 2.42. The van der Waals surface area contributed by atoms with E-state index in [4.69, 9.17) is 14.3 Å². The van der Waals surface area contributed by atoms with Gasteiger partial charge in [-0.1, -0.05) is 18.2 Å². The van der Waals surface area contributed by atoms with Gasteiger partial charge < -0.3 is 14.4 Å². The highest BCUT2D eigenvalue weighted by Crippen LogP contribution is 2.39. The number of nitrogens with one attached hydrogen (secondary N) is 1. The molecule has 1 saturated heterocycles. The molecule has 2 aromatic carbocycles. The lowest BCUT2D eigenvalue weighted by Crippen LogP contribution is -2.54. The molecule has 3 aromatic rings. The largest absolute Gasteiger partial charge is 0.462 e. The van der Waals surface area contributed by atoms with Crippen LogP contribution in [0.5, 0.6) is 5.75 Å². The van der Waals surface area contributed by atoms with Crippen LogP contribution in [0.2, 0.25) is 0 Å². The van der Waals surface area contributed by atoms with Crippen LogP contribution in [0.1, 0.15) is 24.1 Å². The molecule has 1 spiro atoms. The summed E-state index contributed by atoms with van der Waals surface area (Å²) in [6.45, 7) is 3.59. The molecule has 0 aliphatic carbocycles. The summed E-state index contributed by atoms with van der Waals surface area (Å²) in [5.74, 6) is 0.178. The smallest absolute Gasteiger partial charge is 0.341 e. The SMILES string of the molecule is CONC(=O)N1CCC2(CC1)OCc1cc(-c3ccc4cnc(C)cc4c3)ccc1O2. The summed E-state index contributed by atoms with van der Waals surface area (Å²) in [7, 11) is 1.43. The van der Waals surface area contributed by atoms with E-state index in [1.165, 1.54) is 12.5 Å². The number of nitrogens with zero attached hydrogens (tertiary/aromatic N) is 2. The molecule has 2 aliphatic heterocycles. The van der Waals surface area contributed by atoms with Crippen molar-refractivity contribution in [2.45, 2.75) is 32.2 Å². The van der Waals surface area contributed by atoms with Crippen molar-refractivity contribution in [2.24, 2.45) is 0 Å². The number of urea groups is 1. The molecule has 2 amide bonds. The minimum atomic E-state index is -0.675. The second kappa shape index (κ2) is 7.83. The molecule has 160 valence electrons. The zero-order valence-electron chi connectivity index (χ0n) is 17.7. The third-order valence-electron chi connectivity index (χ3n) is 6.04. The molecule has 7 heteroatoms. The van der Waals surface area contributed by atoms with Gasteiger partial charge in [0.15, 0.2) is 0 Å². The Morgan fingerprint density at radius 3 is 2.68 bits per heavy atom. The summed E-state index contributed by atoms with van der Waals surface area (Å²) < 4.78 is 12.5. The van der Waals surface area contributed by atoms with Crippen LogP contribution in [0.3, 0.4) is 0 Å². The van der Waals surface area contributed by atoms with Gasteiger partial charge in [0.1, 0.15) is 5.75 Å². The third kappa shape index (κ3) is 3.82. The molecule has 0 unspecified atom stereocenters. The minimum absolute atomic E-state index is 0.237. The Hall–Kier alpha value is -3.16. The Bertz CT molecular complexity index is 1140. The normalized spacial score (nSPS) is 17.3. The molecule has 0 atom stereocenters. The Morgan fingerprint density at radius 2 is 1.87 bits per heavy atom. The average molecular weight is 419 g/mol. The van der Waals surface area contributed by atoms with Crippen molar-refractivity contribution in [1.82, 2.24) is 15.4 Å². The molecular formula is C24H25N3O4. The maximum absolute atomic E-state index is 11.9. The van der Waals surface area contributed by atoms with Gasteiger partial charge in [-0.25, -0.2) is 10.3 Å². The Labute approximate surface area is 180 Å². The summed E-state index contributed by atoms with van der Waals surface area (Å²) in [5.41, 5.74) is 6.68. The number of ether oxygens (including phenoxy) is 2. The van der Waals surface area contributed by atoms with E-state index in [9.17, 15) is 4.79 Å². The number of piperidine rings is 1. The monoisotopic (exact) mass is 419 g/mol. The van der Waals surface area contributed by atoms with Gasteiger partial charge in [0.25, 0.3) is 0 Å². The average Bonchev–Trinajstić information content (AvgIpc) is 2.79. The van der Waals surface area contributed by atoms with Crippen LogP contribution in [-0.2, 0) is 16.2 Å². The van der Waals surface area contributed by atoms with E-state index in [1.54, 1.807) is 4.90 Å². The van der Waals surface area contributed by atoms with Crippen LogP contribution in [0.4, 0.5) is 4.79 Å². The first-order chi connectivity index (χ1) is 15.0. The van der Waals surface area contributed by atoms with E-state index in [0.717, 1.165) is 33.5 Å². The Kier molecular flexibility index (Phi) is 5.00. The van der Waals surface area contributed by atoms with Crippen molar-refractivity contribution in [3.05, 3.63) is 59.9 Å². The van der Waals surface area contributed by atoms with E-state index in [2.05, 4.69) is 46.9 Å². The van der Waals surface area contributed by atoms with Crippen molar-refractivity contribution < 1.29 is 19.1 Å². The lowest BCUT2D eigenvalue weighted by Gasteiger charge is -2.43. The lowest BCUT2D eigenvalue weighted by molar-refractivity contribution is -0.225. The van der Waals surface area contributed by atoms with Gasteiger partial charge in [-0.15, -0.1) is 0 Å². The fourth-order valence-electron chi connectivity index (χ4n) is 4.29. The number of aryl methyl sites for hydroxylation is 1. The highest BCUT2D eigenvalue weighted by atomic mass is 16.7. The van der Waals surface area contributed by atoms with Crippen molar-refractivity contribution in [3.8, 4) is 16.9 Å². The number of likely N-dealkylation sites (tertiary alicyclic amines) is 1. The van der Waals surface area contributed by atoms with Gasteiger partial charge in [0.05, 0.1) is 13.7 Å². The minimum Gasteiger partial charge on any atom is -0.462 e. The highest BCUT2D eigenvalue weighted by molar-refractivity contribution is 5.87. The number of rotatable bonds is 2. The zero-order chi connectivity index (χ0) is 21.4. The van der Waals surface area contributed by atoms with Crippen molar-refractivity contribution >= 4 is 16.8 Å². The van der Waals surface area contributed by atoms with Crippen LogP contribution < -0.4 is 10.2 Å². The van der Waals surface area contributed by atoms with Crippen LogP contribution in [0.25, 0.3) is 21.9 Å². The Balaban J connectivity index is 1.34. The third-order valence-corrected chi connectivity index (χ3v) is 6.04. The number of aromatic nitrogens is 1. The molecular weight excluding hydrogens is 394 g/mol. The molecule has 1 N–H and O–H groups in total. The van der Waals surface area contributed by atoms with Gasteiger partial charge in [-0.05, 0) is 47.7 Å². The van der Waals surface area contributed by atoms with Gasteiger partial charge in [-0.2, -0.15) is 0 Å². The summed E-state index contributed by atoms with van der Waals surface area (Å²) in [6, 6.07) is 14.5. The van der Waals surface area contributed by atoms with E-state index >= 15 is 0 Å². The van der Waals surface area contributed by atoms with Crippen LogP contribution in [0, 0.1) is 6.92 Å². The van der Waals surface area contributed by atoms with Crippen molar-refractivity contribution in [2.75, 3.05) is 20.2 Å². The molecule has 7 nitrogen and oxygen atoms in total. The zero-order valence-corrected chi connectivity index (χ0v) is 17.7. The summed E-state index contributed by atoms with van der Waals surface area (Å²) in [4.78, 5) is 22.7.